The summed E-state index contributed by atoms with van der Waals surface area (Å²) >= 11 is 0. The Morgan fingerprint density at radius 3 is 2.47 bits per heavy atom. The summed E-state index contributed by atoms with van der Waals surface area (Å²) in [7, 11) is 0. The minimum atomic E-state index is -1.56. The maximum Gasteiger partial charge on any atom is 0.323 e. The van der Waals surface area contributed by atoms with Crippen LogP contribution in [-0.2, 0) is 20.7 Å². The zero-order valence-electron chi connectivity index (χ0n) is 9.84. The summed E-state index contributed by atoms with van der Waals surface area (Å²) in [4.78, 5) is 26.8. The minimum Gasteiger partial charge on any atom is -0.480 e. The zero-order valence-corrected chi connectivity index (χ0v) is 9.84. The number of carboxylic acids is 1. The van der Waals surface area contributed by atoms with Gasteiger partial charge in [0.1, 0.15) is 0 Å². The second-order valence-corrected chi connectivity index (χ2v) is 3.89. The zero-order chi connectivity index (χ0) is 12.9. The highest BCUT2D eigenvalue weighted by atomic mass is 16.5. The Morgan fingerprint density at radius 1 is 1.41 bits per heavy atom. The van der Waals surface area contributed by atoms with Crippen LogP contribution in [0.25, 0.3) is 0 Å². The van der Waals surface area contributed by atoms with Crippen molar-refractivity contribution in [3.63, 3.8) is 0 Å². The first-order valence-corrected chi connectivity index (χ1v) is 5.30. The van der Waals surface area contributed by atoms with Gasteiger partial charge in [-0.3, -0.25) is 14.6 Å². The summed E-state index contributed by atoms with van der Waals surface area (Å²) in [5, 5.41) is 9.17. The lowest BCUT2D eigenvalue weighted by atomic mass is 9.84. The standard InChI is InChI=1S/C12H15NO4/c1-3-17-11(16)12(2,10(14)15)8-9-4-6-13-7-5-9/h4-7H,3,8H2,1-2H3,(H,14,15). The van der Waals surface area contributed by atoms with Crippen molar-refractivity contribution in [2.45, 2.75) is 20.3 Å². The van der Waals surface area contributed by atoms with Crippen LogP contribution in [0.1, 0.15) is 19.4 Å². The van der Waals surface area contributed by atoms with Crippen LogP contribution in [0.3, 0.4) is 0 Å². The molecule has 92 valence electrons. The average molecular weight is 237 g/mol. The van der Waals surface area contributed by atoms with Gasteiger partial charge >= 0.3 is 11.9 Å². The molecule has 1 heterocycles. The maximum atomic E-state index is 11.7. The quantitative estimate of drug-likeness (QED) is 0.616. The van der Waals surface area contributed by atoms with E-state index in [1.165, 1.54) is 6.92 Å². The number of carboxylic acid groups (broad SMARTS) is 1. The molecule has 1 unspecified atom stereocenters. The molecule has 0 amide bonds. The Morgan fingerprint density at radius 2 is 2.00 bits per heavy atom. The molecule has 1 rings (SSSR count). The highest BCUT2D eigenvalue weighted by Crippen LogP contribution is 2.24. The van der Waals surface area contributed by atoms with Gasteiger partial charge in [-0.15, -0.1) is 0 Å². The van der Waals surface area contributed by atoms with Crippen molar-refractivity contribution >= 4 is 11.9 Å². The van der Waals surface area contributed by atoms with Crippen LogP contribution in [0, 0.1) is 5.41 Å². The van der Waals surface area contributed by atoms with Crippen LogP contribution in [0.15, 0.2) is 24.5 Å². The van der Waals surface area contributed by atoms with Crippen LogP contribution in [0.2, 0.25) is 0 Å². The number of carbonyl (C=O) groups is 2. The Balaban J connectivity index is 2.93. The fourth-order valence-corrected chi connectivity index (χ4v) is 1.43. The summed E-state index contributed by atoms with van der Waals surface area (Å²) < 4.78 is 4.81. The van der Waals surface area contributed by atoms with E-state index in [2.05, 4.69) is 4.98 Å². The number of esters is 1. The average Bonchev–Trinajstić information content (AvgIpc) is 2.30. The van der Waals surface area contributed by atoms with Gasteiger partial charge in [-0.2, -0.15) is 0 Å². The molecule has 1 aromatic rings. The van der Waals surface area contributed by atoms with Gasteiger partial charge in [0.15, 0.2) is 5.41 Å². The monoisotopic (exact) mass is 237 g/mol. The third-order valence-electron chi connectivity index (χ3n) is 2.51. The van der Waals surface area contributed by atoms with Crippen molar-refractivity contribution in [1.82, 2.24) is 4.98 Å². The molecule has 0 aromatic carbocycles. The summed E-state index contributed by atoms with van der Waals surface area (Å²) in [5.41, 5.74) is -0.824. The number of aliphatic carboxylic acids is 1. The smallest absolute Gasteiger partial charge is 0.323 e. The number of hydrogen-bond acceptors (Lipinski definition) is 4. The van der Waals surface area contributed by atoms with Gasteiger partial charge in [0.25, 0.3) is 0 Å². The Hall–Kier alpha value is -1.91. The lowest BCUT2D eigenvalue weighted by Crippen LogP contribution is -2.40. The molecule has 0 spiro atoms. The molecule has 0 fully saturated rings. The van der Waals surface area contributed by atoms with Crippen LogP contribution in [0.5, 0.6) is 0 Å². The van der Waals surface area contributed by atoms with Crippen LogP contribution in [0.4, 0.5) is 0 Å². The molecule has 0 aliphatic rings. The summed E-state index contributed by atoms with van der Waals surface area (Å²) in [5.74, 6) is -1.91. The van der Waals surface area contributed by atoms with Gasteiger partial charge in [-0.05, 0) is 38.0 Å². The van der Waals surface area contributed by atoms with Crippen LogP contribution in [-0.4, -0.2) is 28.6 Å². The largest absolute Gasteiger partial charge is 0.480 e. The molecule has 5 nitrogen and oxygen atoms in total. The van der Waals surface area contributed by atoms with E-state index in [9.17, 15) is 14.7 Å². The van der Waals surface area contributed by atoms with Crippen molar-refractivity contribution in [3.8, 4) is 0 Å². The number of aromatic nitrogens is 1. The number of nitrogens with zero attached hydrogens (tertiary/aromatic N) is 1. The molecule has 1 N–H and O–H groups in total. The first-order chi connectivity index (χ1) is 8.00. The van der Waals surface area contributed by atoms with Crippen LogP contribution >= 0.6 is 0 Å². The third kappa shape index (κ3) is 3.03. The van der Waals surface area contributed by atoms with E-state index in [4.69, 9.17) is 4.74 Å². The van der Waals surface area contributed by atoms with Crippen molar-refractivity contribution in [2.24, 2.45) is 5.41 Å². The Bertz CT molecular complexity index is 404. The molecule has 0 saturated heterocycles. The summed E-state index contributed by atoms with van der Waals surface area (Å²) in [6.07, 6.45) is 3.20. The number of carbonyl (C=O) groups excluding carboxylic acids is 1. The first kappa shape index (κ1) is 13.2. The Kier molecular flexibility index (Phi) is 4.20. The predicted octanol–water partition coefficient (Wildman–Crippen LogP) is 1.28. The number of rotatable bonds is 5. The fourth-order valence-electron chi connectivity index (χ4n) is 1.43. The molecule has 0 aliphatic carbocycles. The van der Waals surface area contributed by atoms with Gasteiger partial charge in [-0.1, -0.05) is 0 Å². The second kappa shape index (κ2) is 5.43. The van der Waals surface area contributed by atoms with E-state index in [0.717, 1.165) is 5.56 Å². The van der Waals surface area contributed by atoms with Crippen LogP contribution < -0.4 is 0 Å². The molecular formula is C12H15NO4. The van der Waals surface area contributed by atoms with Crippen molar-refractivity contribution < 1.29 is 19.4 Å². The molecular weight excluding hydrogens is 222 g/mol. The van der Waals surface area contributed by atoms with E-state index >= 15 is 0 Å². The summed E-state index contributed by atoms with van der Waals surface area (Å²) in [6.45, 7) is 3.18. The number of pyridine rings is 1. The van der Waals surface area contributed by atoms with Gasteiger partial charge in [0.05, 0.1) is 6.61 Å². The number of ether oxygens (including phenoxy) is 1. The van der Waals surface area contributed by atoms with E-state index in [1.54, 1.807) is 31.5 Å². The highest BCUT2D eigenvalue weighted by molar-refractivity contribution is 5.99. The second-order valence-electron chi connectivity index (χ2n) is 3.89. The highest BCUT2D eigenvalue weighted by Gasteiger charge is 2.42. The van der Waals surface area contributed by atoms with Crippen molar-refractivity contribution in [1.29, 1.82) is 0 Å². The summed E-state index contributed by atoms with van der Waals surface area (Å²) in [6, 6.07) is 3.36. The fraction of sp³-hybridized carbons (Fsp3) is 0.417. The number of hydrogen-bond donors (Lipinski definition) is 1. The maximum absolute atomic E-state index is 11.7. The molecule has 17 heavy (non-hydrogen) atoms. The molecule has 0 bridgehead atoms. The van der Waals surface area contributed by atoms with E-state index in [0.29, 0.717) is 0 Å². The molecule has 0 aliphatic heterocycles. The minimum absolute atomic E-state index is 0.0870. The molecule has 0 saturated carbocycles. The molecule has 0 radical (unpaired) electrons. The van der Waals surface area contributed by atoms with E-state index in [1.807, 2.05) is 0 Å². The van der Waals surface area contributed by atoms with Crippen molar-refractivity contribution in [2.75, 3.05) is 6.61 Å². The van der Waals surface area contributed by atoms with Gasteiger partial charge in [0, 0.05) is 12.4 Å². The third-order valence-corrected chi connectivity index (χ3v) is 2.51. The SMILES string of the molecule is CCOC(=O)C(C)(Cc1ccncc1)C(=O)O. The predicted molar refractivity (Wildman–Crippen MR) is 60.3 cm³/mol. The van der Waals surface area contributed by atoms with Gasteiger partial charge < -0.3 is 9.84 Å². The van der Waals surface area contributed by atoms with Crippen molar-refractivity contribution in [3.05, 3.63) is 30.1 Å². The Labute approximate surface area is 99.4 Å². The van der Waals surface area contributed by atoms with E-state index in [-0.39, 0.29) is 13.0 Å². The molecule has 5 heteroatoms. The first-order valence-electron chi connectivity index (χ1n) is 5.30. The van der Waals surface area contributed by atoms with E-state index < -0.39 is 17.4 Å². The van der Waals surface area contributed by atoms with Gasteiger partial charge in [0.2, 0.25) is 0 Å². The normalized spacial score (nSPS) is 13.8. The molecule has 1 aromatic heterocycles. The lowest BCUT2D eigenvalue weighted by molar-refractivity contribution is -0.167. The van der Waals surface area contributed by atoms with Gasteiger partial charge in [-0.25, -0.2) is 0 Å². The molecule has 1 atom stereocenters. The topological polar surface area (TPSA) is 76.5 Å². The lowest BCUT2D eigenvalue weighted by Gasteiger charge is -2.22.